The summed E-state index contributed by atoms with van der Waals surface area (Å²) in [6.07, 6.45) is 9.56. The molecule has 0 aromatic heterocycles. The largest absolute Gasteiger partial charge is 0.508 e. The first kappa shape index (κ1) is 14.4. The molecule has 0 saturated carbocycles. The van der Waals surface area contributed by atoms with Gasteiger partial charge in [-0.15, -0.1) is 0 Å². The van der Waals surface area contributed by atoms with Crippen LogP contribution in [-0.4, -0.2) is 5.11 Å². The summed E-state index contributed by atoms with van der Waals surface area (Å²) in [7, 11) is 0. The fourth-order valence-corrected chi connectivity index (χ4v) is 2.02. The maximum Gasteiger partial charge on any atom is 0.120 e. The molecular weight excluding hydrogens is 255 g/mol. The molecule has 0 radical (unpaired) electrons. The fourth-order valence-electron chi connectivity index (χ4n) is 1.61. The number of benzene rings is 1. The van der Waals surface area contributed by atoms with Gasteiger partial charge in [0.15, 0.2) is 0 Å². The SMILES string of the molecule is CCCCCC=CCc1c(O)ccc(Cl)c1Cl. The number of phenols is 1. The van der Waals surface area contributed by atoms with E-state index >= 15 is 0 Å². The zero-order valence-electron chi connectivity index (χ0n) is 10.0. The molecule has 0 heterocycles. The summed E-state index contributed by atoms with van der Waals surface area (Å²) in [4.78, 5) is 0. The maximum absolute atomic E-state index is 9.68. The fraction of sp³-hybridized carbons (Fsp3) is 0.429. The highest BCUT2D eigenvalue weighted by Gasteiger charge is 2.08. The molecule has 17 heavy (non-hydrogen) atoms. The number of hydrogen-bond acceptors (Lipinski definition) is 1. The van der Waals surface area contributed by atoms with Gasteiger partial charge in [0.1, 0.15) is 5.75 Å². The minimum atomic E-state index is 0.206. The predicted molar refractivity (Wildman–Crippen MR) is 75.1 cm³/mol. The summed E-state index contributed by atoms with van der Waals surface area (Å²) in [6.45, 7) is 2.19. The summed E-state index contributed by atoms with van der Waals surface area (Å²) in [5.74, 6) is 0.206. The van der Waals surface area contributed by atoms with Crippen LogP contribution in [0.1, 0.15) is 38.2 Å². The van der Waals surface area contributed by atoms with Crippen LogP contribution < -0.4 is 0 Å². The van der Waals surface area contributed by atoms with Crippen LogP contribution in [0.25, 0.3) is 0 Å². The van der Waals surface area contributed by atoms with Crippen molar-refractivity contribution in [3.63, 3.8) is 0 Å². The summed E-state index contributed by atoms with van der Waals surface area (Å²) in [6, 6.07) is 3.18. The second-order valence-corrected chi connectivity index (χ2v) is 4.82. The highest BCUT2D eigenvalue weighted by atomic mass is 35.5. The van der Waals surface area contributed by atoms with Gasteiger partial charge in [-0.3, -0.25) is 0 Å². The van der Waals surface area contributed by atoms with Gasteiger partial charge in [0.05, 0.1) is 10.0 Å². The summed E-state index contributed by atoms with van der Waals surface area (Å²) >= 11 is 11.9. The molecule has 94 valence electrons. The number of hydrogen-bond donors (Lipinski definition) is 1. The third-order valence-electron chi connectivity index (χ3n) is 2.63. The van der Waals surface area contributed by atoms with Gasteiger partial charge < -0.3 is 5.11 Å². The Morgan fingerprint density at radius 2 is 1.94 bits per heavy atom. The van der Waals surface area contributed by atoms with Gasteiger partial charge in [-0.2, -0.15) is 0 Å². The van der Waals surface area contributed by atoms with E-state index in [-0.39, 0.29) is 5.75 Å². The lowest BCUT2D eigenvalue weighted by atomic mass is 10.1. The number of aromatic hydroxyl groups is 1. The Kier molecular flexibility index (Phi) is 6.46. The maximum atomic E-state index is 9.68. The lowest BCUT2D eigenvalue weighted by Crippen LogP contribution is -1.85. The normalized spacial score (nSPS) is 11.2. The average molecular weight is 273 g/mol. The van der Waals surface area contributed by atoms with Crippen molar-refractivity contribution in [3.8, 4) is 5.75 Å². The third-order valence-corrected chi connectivity index (χ3v) is 3.48. The van der Waals surface area contributed by atoms with Crippen LogP contribution in [0.3, 0.4) is 0 Å². The molecule has 0 amide bonds. The molecule has 1 N–H and O–H groups in total. The second kappa shape index (κ2) is 7.62. The van der Waals surface area contributed by atoms with E-state index in [9.17, 15) is 5.11 Å². The molecule has 1 nitrogen and oxygen atoms in total. The van der Waals surface area contributed by atoms with Crippen molar-refractivity contribution >= 4 is 23.2 Å². The van der Waals surface area contributed by atoms with Crippen molar-refractivity contribution in [2.24, 2.45) is 0 Å². The second-order valence-electron chi connectivity index (χ2n) is 4.03. The summed E-state index contributed by atoms with van der Waals surface area (Å²) in [5.41, 5.74) is 0.700. The van der Waals surface area contributed by atoms with Crippen LogP contribution >= 0.6 is 23.2 Å². The van der Waals surface area contributed by atoms with E-state index in [1.807, 2.05) is 6.08 Å². The minimum absolute atomic E-state index is 0.206. The third kappa shape index (κ3) is 4.61. The molecule has 1 aromatic rings. The predicted octanol–water partition coefficient (Wildman–Crippen LogP) is 5.38. The molecule has 0 saturated heterocycles. The van der Waals surface area contributed by atoms with E-state index in [2.05, 4.69) is 13.0 Å². The Balaban J connectivity index is 2.54. The van der Waals surface area contributed by atoms with Crippen molar-refractivity contribution in [2.45, 2.75) is 39.0 Å². The molecule has 1 rings (SSSR count). The van der Waals surface area contributed by atoms with Gasteiger partial charge in [-0.25, -0.2) is 0 Å². The van der Waals surface area contributed by atoms with Crippen LogP contribution in [0.4, 0.5) is 0 Å². The molecule has 0 atom stereocenters. The van der Waals surface area contributed by atoms with Gasteiger partial charge in [0.25, 0.3) is 0 Å². The summed E-state index contributed by atoms with van der Waals surface area (Å²) in [5, 5.41) is 10.6. The Morgan fingerprint density at radius 1 is 1.18 bits per heavy atom. The van der Waals surface area contributed by atoms with Crippen molar-refractivity contribution in [2.75, 3.05) is 0 Å². The van der Waals surface area contributed by atoms with Crippen molar-refractivity contribution in [3.05, 3.63) is 39.9 Å². The topological polar surface area (TPSA) is 20.2 Å². The van der Waals surface area contributed by atoms with Crippen LogP contribution in [0.2, 0.25) is 10.0 Å². The first-order chi connectivity index (χ1) is 8.16. The zero-order valence-corrected chi connectivity index (χ0v) is 11.6. The van der Waals surface area contributed by atoms with Crippen LogP contribution in [0.5, 0.6) is 5.75 Å². The van der Waals surface area contributed by atoms with Gasteiger partial charge in [0, 0.05) is 5.56 Å². The monoisotopic (exact) mass is 272 g/mol. The van der Waals surface area contributed by atoms with E-state index in [0.29, 0.717) is 22.0 Å². The van der Waals surface area contributed by atoms with E-state index < -0.39 is 0 Å². The molecule has 3 heteroatoms. The Labute approximate surface area is 113 Å². The Hall–Kier alpha value is -0.660. The molecule has 1 aromatic carbocycles. The average Bonchev–Trinajstić information content (AvgIpc) is 2.32. The molecule has 0 spiro atoms. The highest BCUT2D eigenvalue weighted by molar-refractivity contribution is 6.42. The molecule has 0 aliphatic rings. The zero-order chi connectivity index (χ0) is 12.7. The smallest absolute Gasteiger partial charge is 0.120 e. The van der Waals surface area contributed by atoms with Crippen LogP contribution in [-0.2, 0) is 6.42 Å². The quantitative estimate of drug-likeness (QED) is 0.545. The molecule has 0 unspecified atom stereocenters. The number of halogens is 2. The van der Waals surface area contributed by atoms with Gasteiger partial charge in [-0.05, 0) is 31.4 Å². The molecule has 0 aliphatic heterocycles. The van der Waals surface area contributed by atoms with E-state index in [4.69, 9.17) is 23.2 Å². The first-order valence-corrected chi connectivity index (χ1v) is 6.73. The van der Waals surface area contributed by atoms with Crippen molar-refractivity contribution in [1.29, 1.82) is 0 Å². The van der Waals surface area contributed by atoms with E-state index in [1.165, 1.54) is 19.3 Å². The van der Waals surface area contributed by atoms with Crippen molar-refractivity contribution < 1.29 is 5.11 Å². The lowest BCUT2D eigenvalue weighted by Gasteiger charge is -2.05. The van der Waals surface area contributed by atoms with Crippen molar-refractivity contribution in [1.82, 2.24) is 0 Å². The van der Waals surface area contributed by atoms with E-state index in [1.54, 1.807) is 12.1 Å². The molecule has 0 aliphatic carbocycles. The Morgan fingerprint density at radius 3 is 2.65 bits per heavy atom. The number of allylic oxidation sites excluding steroid dienone is 2. The highest BCUT2D eigenvalue weighted by Crippen LogP contribution is 2.32. The number of rotatable bonds is 6. The first-order valence-electron chi connectivity index (χ1n) is 5.97. The summed E-state index contributed by atoms with van der Waals surface area (Å²) < 4.78 is 0. The molecule has 0 bridgehead atoms. The van der Waals surface area contributed by atoms with Gasteiger partial charge >= 0.3 is 0 Å². The number of phenolic OH excluding ortho intramolecular Hbond substituents is 1. The van der Waals surface area contributed by atoms with Crippen LogP contribution in [0, 0.1) is 0 Å². The molecule has 0 fully saturated rings. The minimum Gasteiger partial charge on any atom is -0.508 e. The lowest BCUT2D eigenvalue weighted by molar-refractivity contribution is 0.470. The molecular formula is C14H18Cl2O. The standard InChI is InChI=1S/C14H18Cl2O/c1-2-3-4-5-6-7-8-11-13(17)10-9-12(15)14(11)16/h6-7,9-10,17H,2-5,8H2,1H3. The van der Waals surface area contributed by atoms with E-state index in [0.717, 1.165) is 6.42 Å². The Bertz CT molecular complexity index is 386. The number of unbranched alkanes of at least 4 members (excludes halogenated alkanes) is 3. The van der Waals surface area contributed by atoms with Gasteiger partial charge in [0.2, 0.25) is 0 Å². The van der Waals surface area contributed by atoms with Gasteiger partial charge in [-0.1, -0.05) is 55.1 Å². The van der Waals surface area contributed by atoms with Crippen LogP contribution in [0.15, 0.2) is 24.3 Å².